The lowest BCUT2D eigenvalue weighted by Crippen LogP contribution is -2.06. The molecule has 1 atom stereocenters. The first kappa shape index (κ1) is 8.97. The summed E-state index contributed by atoms with van der Waals surface area (Å²) in [4.78, 5) is 4.79. The van der Waals surface area contributed by atoms with Crippen molar-refractivity contribution in [1.29, 1.82) is 0 Å². The van der Waals surface area contributed by atoms with E-state index in [9.17, 15) is 0 Å². The lowest BCUT2D eigenvalue weighted by molar-refractivity contribution is 0.0866. The molecule has 1 aromatic rings. The van der Waals surface area contributed by atoms with E-state index in [1.807, 2.05) is 49.4 Å². The molecule has 0 fully saturated rings. The molecular weight excluding hydrogens is 150 g/mol. The monoisotopic (exact) mass is 163 g/mol. The Balaban J connectivity index is 2.80. The average molecular weight is 163 g/mol. The van der Waals surface area contributed by atoms with E-state index in [1.54, 1.807) is 0 Å². The zero-order chi connectivity index (χ0) is 8.81. The van der Waals surface area contributed by atoms with Gasteiger partial charge in [0.25, 0.3) is 0 Å². The van der Waals surface area contributed by atoms with Gasteiger partial charge < -0.3 is 0 Å². The first-order valence-corrected chi connectivity index (χ1v) is 3.91. The van der Waals surface area contributed by atoms with Gasteiger partial charge in [-0.05, 0) is 12.5 Å². The lowest BCUT2D eigenvalue weighted by Gasteiger charge is -2.09. The zero-order valence-corrected chi connectivity index (χ0v) is 7.10. The summed E-state index contributed by atoms with van der Waals surface area (Å²) in [6.45, 7) is 1.94. The summed E-state index contributed by atoms with van der Waals surface area (Å²) in [6.07, 6.45) is 3.70. The van der Waals surface area contributed by atoms with Crippen molar-refractivity contribution in [2.45, 2.75) is 13.0 Å². The molecule has 0 saturated carbocycles. The third-order valence-electron chi connectivity index (χ3n) is 1.64. The smallest absolute Gasteiger partial charge is 0.122 e. The van der Waals surface area contributed by atoms with Gasteiger partial charge >= 0.3 is 0 Å². The number of rotatable bonds is 3. The Morgan fingerprint density at radius 2 is 2.00 bits per heavy atom. The number of allylic oxidation sites excluding steroid dienone is 1. The molecule has 2 nitrogen and oxygen atoms in total. The Bertz CT molecular complexity index is 243. The van der Waals surface area contributed by atoms with E-state index in [-0.39, 0.29) is 6.10 Å². The molecule has 0 heterocycles. The van der Waals surface area contributed by atoms with Crippen LogP contribution in [-0.4, -0.2) is 0 Å². The van der Waals surface area contributed by atoms with Crippen molar-refractivity contribution in [1.82, 2.24) is 0 Å². The fourth-order valence-corrected chi connectivity index (χ4v) is 1.05. The van der Waals surface area contributed by atoms with Gasteiger partial charge in [0.2, 0.25) is 0 Å². The van der Waals surface area contributed by atoms with Crippen LogP contribution in [0.15, 0.2) is 42.5 Å². The average Bonchev–Trinajstić information content (AvgIpc) is 2.15. The highest BCUT2D eigenvalue weighted by atomic mass is 16.6. The summed E-state index contributed by atoms with van der Waals surface area (Å²) < 4.78 is 0. The van der Waals surface area contributed by atoms with Crippen LogP contribution in [-0.2, 0) is 4.84 Å². The Morgan fingerprint density at radius 3 is 2.50 bits per heavy atom. The van der Waals surface area contributed by atoms with E-state index in [1.165, 1.54) is 0 Å². The molecule has 1 unspecified atom stereocenters. The molecule has 0 bridgehead atoms. The first-order valence-electron chi connectivity index (χ1n) is 3.91. The van der Waals surface area contributed by atoms with Crippen LogP contribution in [0, 0.1) is 0 Å². The summed E-state index contributed by atoms with van der Waals surface area (Å²) in [5.41, 5.74) is 1.07. The molecule has 0 radical (unpaired) electrons. The van der Waals surface area contributed by atoms with Crippen LogP contribution in [0.4, 0.5) is 0 Å². The van der Waals surface area contributed by atoms with Crippen LogP contribution >= 0.6 is 0 Å². The summed E-state index contributed by atoms with van der Waals surface area (Å²) in [7, 11) is 0. The molecule has 2 N–H and O–H groups in total. The number of hydrogen-bond acceptors (Lipinski definition) is 2. The molecule has 12 heavy (non-hydrogen) atoms. The maximum atomic E-state index is 5.14. The maximum Gasteiger partial charge on any atom is 0.122 e. The Labute approximate surface area is 72.6 Å². The van der Waals surface area contributed by atoms with Gasteiger partial charge in [-0.25, -0.2) is 5.90 Å². The van der Waals surface area contributed by atoms with Crippen LogP contribution in [0.3, 0.4) is 0 Å². The zero-order valence-electron chi connectivity index (χ0n) is 7.10. The Kier molecular flexibility index (Phi) is 3.51. The molecule has 2 heteroatoms. The minimum absolute atomic E-state index is 0.129. The van der Waals surface area contributed by atoms with Crippen LogP contribution in [0.2, 0.25) is 0 Å². The summed E-state index contributed by atoms with van der Waals surface area (Å²) >= 11 is 0. The predicted octanol–water partition coefficient (Wildman–Crippen LogP) is 2.19. The fourth-order valence-electron chi connectivity index (χ4n) is 1.05. The van der Waals surface area contributed by atoms with Gasteiger partial charge in [-0.1, -0.05) is 42.5 Å². The second-order valence-electron chi connectivity index (χ2n) is 2.49. The van der Waals surface area contributed by atoms with Crippen LogP contribution in [0.1, 0.15) is 18.6 Å². The number of nitrogens with two attached hydrogens (primary N) is 1. The van der Waals surface area contributed by atoms with E-state index in [0.29, 0.717) is 0 Å². The summed E-state index contributed by atoms with van der Waals surface area (Å²) in [5, 5.41) is 0. The van der Waals surface area contributed by atoms with Crippen LogP contribution in [0.25, 0.3) is 0 Å². The van der Waals surface area contributed by atoms with E-state index >= 15 is 0 Å². The predicted molar refractivity (Wildman–Crippen MR) is 49.3 cm³/mol. The highest BCUT2D eigenvalue weighted by molar-refractivity contribution is 5.20. The van der Waals surface area contributed by atoms with Crippen molar-refractivity contribution in [3.63, 3.8) is 0 Å². The van der Waals surface area contributed by atoms with Gasteiger partial charge in [0.05, 0.1) is 0 Å². The molecule has 64 valence electrons. The van der Waals surface area contributed by atoms with Crippen LogP contribution in [0.5, 0.6) is 0 Å². The van der Waals surface area contributed by atoms with Crippen molar-refractivity contribution in [3.8, 4) is 0 Å². The molecule has 0 aliphatic carbocycles. The van der Waals surface area contributed by atoms with Crippen molar-refractivity contribution in [2.75, 3.05) is 0 Å². The topological polar surface area (TPSA) is 35.2 Å². The van der Waals surface area contributed by atoms with Gasteiger partial charge in [0.15, 0.2) is 0 Å². The Hall–Kier alpha value is -1.12. The van der Waals surface area contributed by atoms with Gasteiger partial charge in [0, 0.05) is 0 Å². The second-order valence-corrected chi connectivity index (χ2v) is 2.49. The van der Waals surface area contributed by atoms with Gasteiger partial charge in [-0.3, -0.25) is 4.84 Å². The lowest BCUT2D eigenvalue weighted by atomic mass is 10.1. The van der Waals surface area contributed by atoms with Gasteiger partial charge in [-0.15, -0.1) is 0 Å². The van der Waals surface area contributed by atoms with Crippen LogP contribution < -0.4 is 5.90 Å². The molecule has 0 aliphatic rings. The van der Waals surface area contributed by atoms with E-state index in [2.05, 4.69) is 0 Å². The molecule has 1 rings (SSSR count). The Morgan fingerprint density at radius 1 is 1.33 bits per heavy atom. The quantitative estimate of drug-likeness (QED) is 0.547. The minimum atomic E-state index is -0.129. The van der Waals surface area contributed by atoms with E-state index in [4.69, 9.17) is 10.7 Å². The number of hydrogen-bond donors (Lipinski definition) is 1. The molecular formula is C10H13NO. The molecule has 0 aromatic heterocycles. The SMILES string of the molecule is C/C=C/C(ON)c1ccccc1. The highest BCUT2D eigenvalue weighted by Crippen LogP contribution is 2.15. The summed E-state index contributed by atoms with van der Waals surface area (Å²) in [5.74, 6) is 5.14. The first-order chi connectivity index (χ1) is 5.88. The third kappa shape index (κ3) is 2.19. The third-order valence-corrected chi connectivity index (χ3v) is 1.64. The molecule has 0 saturated heterocycles. The molecule has 0 aliphatic heterocycles. The number of benzene rings is 1. The van der Waals surface area contributed by atoms with Gasteiger partial charge in [-0.2, -0.15) is 0 Å². The van der Waals surface area contributed by atoms with E-state index < -0.39 is 0 Å². The minimum Gasteiger partial charge on any atom is -0.292 e. The molecule has 0 amide bonds. The fraction of sp³-hybridized carbons (Fsp3) is 0.200. The molecule has 0 spiro atoms. The maximum absolute atomic E-state index is 5.14. The van der Waals surface area contributed by atoms with E-state index in [0.717, 1.165) is 5.56 Å². The van der Waals surface area contributed by atoms with Crippen molar-refractivity contribution >= 4 is 0 Å². The molecule has 1 aromatic carbocycles. The van der Waals surface area contributed by atoms with Gasteiger partial charge in [0.1, 0.15) is 6.10 Å². The highest BCUT2D eigenvalue weighted by Gasteiger charge is 2.04. The normalized spacial score (nSPS) is 13.5. The standard InChI is InChI=1S/C10H13NO/c1-2-6-10(12-11)9-7-4-3-5-8-9/h2-8,10H,11H2,1H3/b6-2+. The van der Waals surface area contributed by atoms with Crippen molar-refractivity contribution in [3.05, 3.63) is 48.0 Å². The van der Waals surface area contributed by atoms with Crippen molar-refractivity contribution in [2.24, 2.45) is 5.90 Å². The van der Waals surface area contributed by atoms with Crippen molar-refractivity contribution < 1.29 is 4.84 Å². The summed E-state index contributed by atoms with van der Waals surface area (Å²) in [6, 6.07) is 9.86. The second kappa shape index (κ2) is 4.70. The largest absolute Gasteiger partial charge is 0.292 e.